The molecule has 2 rings (SSSR count). The quantitative estimate of drug-likeness (QED) is 0.894. The first-order valence-electron chi connectivity index (χ1n) is 6.43. The van der Waals surface area contributed by atoms with Crippen molar-refractivity contribution < 1.29 is 9.47 Å². The van der Waals surface area contributed by atoms with Gasteiger partial charge in [0, 0.05) is 18.7 Å². The van der Waals surface area contributed by atoms with Crippen molar-refractivity contribution in [3.05, 3.63) is 27.7 Å². The molecule has 0 aromatic heterocycles. The molecule has 0 amide bonds. The molecule has 0 saturated heterocycles. The molecule has 0 aliphatic heterocycles. The fourth-order valence-corrected chi connectivity index (χ4v) is 2.81. The highest BCUT2D eigenvalue weighted by Gasteiger charge is 2.42. The number of anilines is 1. The van der Waals surface area contributed by atoms with Crippen LogP contribution in [0.3, 0.4) is 0 Å². The van der Waals surface area contributed by atoms with E-state index in [1.54, 1.807) is 7.11 Å². The van der Waals surface area contributed by atoms with Crippen molar-refractivity contribution in [1.29, 1.82) is 0 Å². The van der Waals surface area contributed by atoms with Crippen LogP contribution >= 0.6 is 23.2 Å². The zero-order valence-electron chi connectivity index (χ0n) is 11.4. The van der Waals surface area contributed by atoms with Gasteiger partial charge in [0.2, 0.25) is 0 Å². The summed E-state index contributed by atoms with van der Waals surface area (Å²) in [5.74, 6) is 0. The fourth-order valence-electron chi connectivity index (χ4n) is 2.37. The van der Waals surface area contributed by atoms with Crippen LogP contribution in [-0.4, -0.2) is 32.0 Å². The minimum atomic E-state index is 0.0519. The van der Waals surface area contributed by atoms with Crippen LogP contribution in [0.5, 0.6) is 0 Å². The van der Waals surface area contributed by atoms with Gasteiger partial charge in [0.1, 0.15) is 6.10 Å². The molecule has 1 saturated carbocycles. The first kappa shape index (κ1) is 14.9. The van der Waals surface area contributed by atoms with E-state index in [-0.39, 0.29) is 18.2 Å². The van der Waals surface area contributed by atoms with Crippen molar-refractivity contribution in [3.63, 3.8) is 0 Å². The van der Waals surface area contributed by atoms with Gasteiger partial charge in [0.05, 0.1) is 22.9 Å². The number of hydrogen-bond acceptors (Lipinski definition) is 3. The van der Waals surface area contributed by atoms with Crippen LogP contribution in [0, 0.1) is 6.92 Å². The molecular weight excluding hydrogens is 285 g/mol. The zero-order valence-corrected chi connectivity index (χ0v) is 12.9. The van der Waals surface area contributed by atoms with Crippen molar-refractivity contribution in [2.75, 3.05) is 19.0 Å². The summed E-state index contributed by atoms with van der Waals surface area (Å²) in [5, 5.41) is 4.77. The second kappa shape index (κ2) is 6.31. The predicted octanol–water partition coefficient (Wildman–Crippen LogP) is 3.91. The summed E-state index contributed by atoms with van der Waals surface area (Å²) in [6.45, 7) is 4.63. The Balaban J connectivity index is 2.04. The number of aryl methyl sites for hydroxylation is 1. The maximum Gasteiger partial charge on any atom is 0.103 e. The van der Waals surface area contributed by atoms with Crippen molar-refractivity contribution in [2.45, 2.75) is 38.5 Å². The average molecular weight is 304 g/mol. The highest BCUT2D eigenvalue weighted by atomic mass is 35.5. The van der Waals surface area contributed by atoms with Crippen LogP contribution < -0.4 is 5.32 Å². The number of ether oxygens (including phenoxy) is 2. The molecule has 0 spiro atoms. The van der Waals surface area contributed by atoms with E-state index in [1.165, 1.54) is 0 Å². The van der Waals surface area contributed by atoms with Gasteiger partial charge in [-0.25, -0.2) is 0 Å². The summed E-state index contributed by atoms with van der Waals surface area (Å²) >= 11 is 12.3. The van der Waals surface area contributed by atoms with Gasteiger partial charge in [0.25, 0.3) is 0 Å². The first-order chi connectivity index (χ1) is 9.06. The number of halogens is 2. The molecule has 106 valence electrons. The molecular formula is C14H19Cl2NO2. The standard InChI is InChI=1S/C14H19Cl2NO2/c1-4-19-13-7-12(14(13)18-3)17-11-6-9(15)8(2)5-10(11)16/h5-6,12-14,17H,4,7H2,1-3H3. The van der Waals surface area contributed by atoms with E-state index in [4.69, 9.17) is 32.7 Å². The minimum Gasteiger partial charge on any atom is -0.378 e. The van der Waals surface area contributed by atoms with Gasteiger partial charge < -0.3 is 14.8 Å². The smallest absolute Gasteiger partial charge is 0.103 e. The number of rotatable bonds is 5. The summed E-state index contributed by atoms with van der Waals surface area (Å²) in [4.78, 5) is 0. The predicted molar refractivity (Wildman–Crippen MR) is 79.4 cm³/mol. The lowest BCUT2D eigenvalue weighted by Gasteiger charge is -2.43. The molecule has 0 radical (unpaired) electrons. The van der Waals surface area contributed by atoms with Crippen molar-refractivity contribution in [1.82, 2.24) is 0 Å². The summed E-state index contributed by atoms with van der Waals surface area (Å²) in [5.41, 5.74) is 1.82. The number of hydrogen-bond donors (Lipinski definition) is 1. The highest BCUT2D eigenvalue weighted by molar-refractivity contribution is 6.35. The maximum absolute atomic E-state index is 6.22. The lowest BCUT2D eigenvalue weighted by atomic mass is 9.85. The van der Waals surface area contributed by atoms with Crippen LogP contribution in [-0.2, 0) is 9.47 Å². The van der Waals surface area contributed by atoms with E-state index in [1.807, 2.05) is 26.0 Å². The molecule has 19 heavy (non-hydrogen) atoms. The summed E-state index contributed by atoms with van der Waals surface area (Å²) in [6, 6.07) is 3.94. The molecule has 3 unspecified atom stereocenters. The van der Waals surface area contributed by atoms with E-state index >= 15 is 0 Å². The topological polar surface area (TPSA) is 30.5 Å². The Hall–Kier alpha value is -0.480. The highest BCUT2D eigenvalue weighted by Crippen LogP contribution is 2.34. The molecule has 1 aliphatic rings. The Morgan fingerprint density at radius 3 is 2.68 bits per heavy atom. The second-order valence-electron chi connectivity index (χ2n) is 4.76. The summed E-state index contributed by atoms with van der Waals surface area (Å²) < 4.78 is 11.1. The zero-order chi connectivity index (χ0) is 14.0. The van der Waals surface area contributed by atoms with Crippen molar-refractivity contribution >= 4 is 28.9 Å². The number of benzene rings is 1. The largest absolute Gasteiger partial charge is 0.378 e. The Kier molecular flexibility index (Phi) is 4.96. The Morgan fingerprint density at radius 1 is 1.32 bits per heavy atom. The van der Waals surface area contributed by atoms with E-state index in [0.717, 1.165) is 17.7 Å². The fraction of sp³-hybridized carbons (Fsp3) is 0.571. The molecule has 1 aromatic rings. The van der Waals surface area contributed by atoms with Gasteiger partial charge in [-0.05, 0) is 38.0 Å². The van der Waals surface area contributed by atoms with Crippen LogP contribution in [0.25, 0.3) is 0 Å². The van der Waals surface area contributed by atoms with Gasteiger partial charge in [-0.2, -0.15) is 0 Å². The average Bonchev–Trinajstić information content (AvgIpc) is 2.34. The van der Waals surface area contributed by atoms with E-state index in [0.29, 0.717) is 16.7 Å². The third-order valence-corrected chi connectivity index (χ3v) is 4.21. The van der Waals surface area contributed by atoms with E-state index < -0.39 is 0 Å². The Morgan fingerprint density at radius 2 is 2.05 bits per heavy atom. The van der Waals surface area contributed by atoms with Gasteiger partial charge in [-0.3, -0.25) is 0 Å². The Bertz CT molecular complexity index is 453. The molecule has 1 aromatic carbocycles. The molecule has 3 nitrogen and oxygen atoms in total. The molecule has 0 heterocycles. The third-order valence-electron chi connectivity index (χ3n) is 3.49. The van der Waals surface area contributed by atoms with Crippen LogP contribution in [0.1, 0.15) is 18.9 Å². The maximum atomic E-state index is 6.22. The van der Waals surface area contributed by atoms with Crippen LogP contribution in [0.4, 0.5) is 5.69 Å². The van der Waals surface area contributed by atoms with E-state index in [2.05, 4.69) is 5.32 Å². The van der Waals surface area contributed by atoms with Crippen molar-refractivity contribution in [2.24, 2.45) is 0 Å². The van der Waals surface area contributed by atoms with Gasteiger partial charge in [0.15, 0.2) is 0 Å². The first-order valence-corrected chi connectivity index (χ1v) is 7.19. The summed E-state index contributed by atoms with van der Waals surface area (Å²) in [7, 11) is 1.70. The van der Waals surface area contributed by atoms with Gasteiger partial charge in [-0.1, -0.05) is 23.2 Å². The molecule has 1 N–H and O–H groups in total. The van der Waals surface area contributed by atoms with Crippen LogP contribution in [0.2, 0.25) is 10.0 Å². The SMILES string of the molecule is CCOC1CC(Nc2cc(Cl)c(C)cc2Cl)C1OC. The van der Waals surface area contributed by atoms with Crippen molar-refractivity contribution in [3.8, 4) is 0 Å². The molecule has 0 bridgehead atoms. The molecule has 5 heteroatoms. The second-order valence-corrected chi connectivity index (χ2v) is 5.58. The number of nitrogens with one attached hydrogen (secondary N) is 1. The molecule has 3 atom stereocenters. The van der Waals surface area contributed by atoms with E-state index in [9.17, 15) is 0 Å². The lowest BCUT2D eigenvalue weighted by molar-refractivity contribution is -0.118. The number of methoxy groups -OCH3 is 1. The third kappa shape index (κ3) is 3.16. The monoisotopic (exact) mass is 303 g/mol. The lowest BCUT2D eigenvalue weighted by Crippen LogP contribution is -2.56. The minimum absolute atomic E-state index is 0.0519. The van der Waals surface area contributed by atoms with Gasteiger partial charge >= 0.3 is 0 Å². The van der Waals surface area contributed by atoms with Crippen LogP contribution in [0.15, 0.2) is 12.1 Å². The molecule has 1 fully saturated rings. The Labute approximate surface area is 124 Å². The molecule has 1 aliphatic carbocycles. The normalized spacial score (nSPS) is 26.1. The van der Waals surface area contributed by atoms with Gasteiger partial charge in [-0.15, -0.1) is 0 Å². The summed E-state index contributed by atoms with van der Waals surface area (Å²) in [6.07, 6.45) is 1.12.